The fourth-order valence-corrected chi connectivity index (χ4v) is 1.90. The van der Waals surface area contributed by atoms with E-state index in [4.69, 9.17) is 0 Å². The molecule has 19 heavy (non-hydrogen) atoms. The van der Waals surface area contributed by atoms with Crippen molar-refractivity contribution in [3.63, 3.8) is 0 Å². The lowest BCUT2D eigenvalue weighted by molar-refractivity contribution is -0.130. The molecule has 4 nitrogen and oxygen atoms in total. The molecule has 0 amide bonds. The van der Waals surface area contributed by atoms with Gasteiger partial charge in [-0.3, -0.25) is 4.68 Å². The number of benzene rings is 1. The van der Waals surface area contributed by atoms with Crippen molar-refractivity contribution in [3.8, 4) is 0 Å². The van der Waals surface area contributed by atoms with E-state index in [0.717, 1.165) is 18.7 Å². The predicted molar refractivity (Wildman–Crippen MR) is 74.5 cm³/mol. The Kier molecular flexibility index (Phi) is 4.13. The minimum absolute atomic E-state index is 0.276. The van der Waals surface area contributed by atoms with E-state index in [1.54, 1.807) is 24.4 Å². The number of aryl methyl sites for hydroxylation is 1. The van der Waals surface area contributed by atoms with Gasteiger partial charge in [0, 0.05) is 12.7 Å². The van der Waals surface area contributed by atoms with Crippen LogP contribution < -0.4 is 0 Å². The van der Waals surface area contributed by atoms with Crippen LogP contribution in [0.15, 0.2) is 42.6 Å². The minimum atomic E-state index is -0.935. The Morgan fingerprint density at radius 2 is 2.05 bits per heavy atom. The molecular formula is C15H16N2O2. The third-order valence-corrected chi connectivity index (χ3v) is 2.79. The molecule has 0 saturated carbocycles. The first-order valence-electron chi connectivity index (χ1n) is 6.24. The van der Waals surface area contributed by atoms with Crippen LogP contribution in [-0.2, 0) is 11.3 Å². The van der Waals surface area contributed by atoms with Crippen molar-refractivity contribution in [3.05, 3.63) is 53.9 Å². The Morgan fingerprint density at radius 1 is 1.32 bits per heavy atom. The molecular weight excluding hydrogens is 240 g/mol. The van der Waals surface area contributed by atoms with Crippen molar-refractivity contribution >= 4 is 17.6 Å². The lowest BCUT2D eigenvalue weighted by atomic mass is 10.1. The largest absolute Gasteiger partial charge is 0.478 e. The van der Waals surface area contributed by atoms with Gasteiger partial charge in [0.15, 0.2) is 0 Å². The zero-order valence-electron chi connectivity index (χ0n) is 10.8. The van der Waals surface area contributed by atoms with Crippen LogP contribution in [0.4, 0.5) is 0 Å². The summed E-state index contributed by atoms with van der Waals surface area (Å²) in [6.07, 6.45) is 4.31. The Bertz CT molecular complexity index is 585. The molecule has 0 fully saturated rings. The Hall–Kier alpha value is -2.36. The van der Waals surface area contributed by atoms with Crippen LogP contribution in [-0.4, -0.2) is 20.9 Å². The molecule has 0 aliphatic rings. The van der Waals surface area contributed by atoms with Crippen molar-refractivity contribution in [2.75, 3.05) is 0 Å². The maximum atomic E-state index is 11.4. The first kappa shape index (κ1) is 13.1. The minimum Gasteiger partial charge on any atom is -0.478 e. The van der Waals surface area contributed by atoms with Gasteiger partial charge in [-0.15, -0.1) is 0 Å². The van der Waals surface area contributed by atoms with Gasteiger partial charge in [0.1, 0.15) is 0 Å². The van der Waals surface area contributed by atoms with Crippen LogP contribution in [0, 0.1) is 0 Å². The van der Waals surface area contributed by atoms with E-state index in [-0.39, 0.29) is 5.57 Å². The number of nitrogens with zero attached hydrogens (tertiary/aromatic N) is 2. The summed E-state index contributed by atoms with van der Waals surface area (Å²) < 4.78 is 1.81. The second-order valence-corrected chi connectivity index (χ2v) is 4.21. The molecule has 0 aliphatic carbocycles. The van der Waals surface area contributed by atoms with E-state index in [1.807, 2.05) is 28.9 Å². The van der Waals surface area contributed by atoms with Crippen LogP contribution in [0.2, 0.25) is 0 Å². The summed E-state index contributed by atoms with van der Waals surface area (Å²) in [5, 5.41) is 13.5. The highest BCUT2D eigenvalue weighted by Crippen LogP contribution is 2.18. The third kappa shape index (κ3) is 3.10. The van der Waals surface area contributed by atoms with E-state index in [1.165, 1.54) is 0 Å². The molecule has 2 rings (SSSR count). The van der Waals surface area contributed by atoms with Gasteiger partial charge in [-0.25, -0.2) is 4.79 Å². The molecule has 0 unspecified atom stereocenters. The van der Waals surface area contributed by atoms with Crippen molar-refractivity contribution in [2.45, 2.75) is 19.9 Å². The van der Waals surface area contributed by atoms with Crippen molar-refractivity contribution in [1.82, 2.24) is 9.78 Å². The zero-order chi connectivity index (χ0) is 13.7. The molecule has 2 aromatic rings. The molecule has 4 heteroatoms. The van der Waals surface area contributed by atoms with Gasteiger partial charge < -0.3 is 5.11 Å². The molecule has 0 radical (unpaired) electrons. The van der Waals surface area contributed by atoms with E-state index in [2.05, 4.69) is 12.0 Å². The maximum Gasteiger partial charge on any atom is 0.336 e. The molecule has 1 aromatic heterocycles. The summed E-state index contributed by atoms with van der Waals surface area (Å²) >= 11 is 0. The average molecular weight is 256 g/mol. The number of carboxylic acid groups (broad SMARTS) is 1. The van der Waals surface area contributed by atoms with E-state index < -0.39 is 5.97 Å². The maximum absolute atomic E-state index is 11.4. The molecule has 0 atom stereocenters. The topological polar surface area (TPSA) is 55.1 Å². The van der Waals surface area contributed by atoms with Gasteiger partial charge in [0.05, 0.1) is 11.3 Å². The van der Waals surface area contributed by atoms with Crippen molar-refractivity contribution in [1.29, 1.82) is 0 Å². The Balaban J connectivity index is 2.42. The van der Waals surface area contributed by atoms with Gasteiger partial charge >= 0.3 is 5.97 Å². The Morgan fingerprint density at radius 3 is 2.68 bits per heavy atom. The first-order chi connectivity index (χ1) is 9.22. The summed E-state index contributed by atoms with van der Waals surface area (Å²) in [7, 11) is 0. The normalized spacial score (nSPS) is 11.5. The average Bonchev–Trinajstić information content (AvgIpc) is 2.84. The SMILES string of the molecule is CCCn1nccc1/C=C(/C(=O)O)c1ccccc1. The van der Waals surface area contributed by atoms with Crippen LogP contribution >= 0.6 is 0 Å². The van der Waals surface area contributed by atoms with Crippen molar-refractivity contribution < 1.29 is 9.90 Å². The molecule has 1 N–H and O–H groups in total. The summed E-state index contributed by atoms with van der Waals surface area (Å²) in [6.45, 7) is 2.84. The van der Waals surface area contributed by atoms with Gasteiger partial charge in [0.25, 0.3) is 0 Å². The second kappa shape index (κ2) is 6.00. The number of carbonyl (C=O) groups is 1. The molecule has 1 aromatic carbocycles. The summed E-state index contributed by atoms with van der Waals surface area (Å²) in [5.41, 5.74) is 1.78. The first-order valence-corrected chi connectivity index (χ1v) is 6.24. The van der Waals surface area contributed by atoms with Crippen LogP contribution in [0.25, 0.3) is 11.6 Å². The molecule has 0 bridgehead atoms. The van der Waals surface area contributed by atoms with Gasteiger partial charge in [-0.2, -0.15) is 5.10 Å². The summed E-state index contributed by atoms with van der Waals surface area (Å²) in [5.74, 6) is -0.935. The van der Waals surface area contributed by atoms with E-state index >= 15 is 0 Å². The fourth-order valence-electron chi connectivity index (χ4n) is 1.90. The lowest BCUT2D eigenvalue weighted by Gasteiger charge is -2.05. The number of carboxylic acids is 1. The third-order valence-electron chi connectivity index (χ3n) is 2.79. The standard InChI is InChI=1S/C15H16N2O2/c1-2-10-17-13(8-9-16-17)11-14(15(18)19)12-6-4-3-5-7-12/h3-9,11H,2,10H2,1H3,(H,18,19)/b14-11+. The van der Waals surface area contributed by atoms with E-state index in [9.17, 15) is 9.90 Å². The summed E-state index contributed by atoms with van der Waals surface area (Å²) in [6, 6.07) is 10.9. The zero-order valence-corrected chi connectivity index (χ0v) is 10.8. The fraction of sp³-hybridized carbons (Fsp3) is 0.200. The van der Waals surface area contributed by atoms with Crippen molar-refractivity contribution in [2.24, 2.45) is 0 Å². The van der Waals surface area contributed by atoms with Gasteiger partial charge in [0.2, 0.25) is 0 Å². The quantitative estimate of drug-likeness (QED) is 0.837. The number of aromatic nitrogens is 2. The highest BCUT2D eigenvalue weighted by molar-refractivity contribution is 6.20. The predicted octanol–water partition coefficient (Wildman–Crippen LogP) is 2.92. The van der Waals surface area contributed by atoms with Crippen LogP contribution in [0.5, 0.6) is 0 Å². The van der Waals surface area contributed by atoms with Crippen LogP contribution in [0.3, 0.4) is 0 Å². The lowest BCUT2D eigenvalue weighted by Crippen LogP contribution is -2.04. The van der Waals surface area contributed by atoms with Gasteiger partial charge in [-0.05, 0) is 24.1 Å². The highest BCUT2D eigenvalue weighted by atomic mass is 16.4. The number of hydrogen-bond acceptors (Lipinski definition) is 2. The second-order valence-electron chi connectivity index (χ2n) is 4.21. The molecule has 0 saturated heterocycles. The van der Waals surface area contributed by atoms with Gasteiger partial charge in [-0.1, -0.05) is 37.3 Å². The van der Waals surface area contributed by atoms with E-state index in [0.29, 0.717) is 5.56 Å². The molecule has 98 valence electrons. The summed E-state index contributed by atoms with van der Waals surface area (Å²) in [4.78, 5) is 11.4. The molecule has 1 heterocycles. The number of aliphatic carboxylic acids is 1. The molecule has 0 aliphatic heterocycles. The Labute approximate surface area is 112 Å². The highest BCUT2D eigenvalue weighted by Gasteiger charge is 2.11. The number of hydrogen-bond donors (Lipinski definition) is 1. The molecule has 0 spiro atoms. The van der Waals surface area contributed by atoms with Crippen LogP contribution in [0.1, 0.15) is 24.6 Å². The number of rotatable bonds is 5. The smallest absolute Gasteiger partial charge is 0.336 e. The monoisotopic (exact) mass is 256 g/mol.